The van der Waals surface area contributed by atoms with Crippen LogP contribution >= 0.6 is 0 Å². The summed E-state index contributed by atoms with van der Waals surface area (Å²) >= 11 is 0. The van der Waals surface area contributed by atoms with Crippen LogP contribution in [0.15, 0.2) is 18.2 Å². The van der Waals surface area contributed by atoms with Crippen LogP contribution in [0.25, 0.3) is 0 Å². The van der Waals surface area contributed by atoms with Crippen LogP contribution in [0.2, 0.25) is 0 Å². The Kier molecular flexibility index (Phi) is 6.32. The smallest absolute Gasteiger partial charge is 0.254 e. The van der Waals surface area contributed by atoms with Crippen molar-refractivity contribution in [3.05, 3.63) is 35.1 Å². The van der Waals surface area contributed by atoms with Gasteiger partial charge in [0.15, 0.2) is 0 Å². The maximum atomic E-state index is 13.4. The molecule has 0 aliphatic rings. The lowest BCUT2D eigenvalue weighted by Crippen LogP contribution is -2.26. The molecule has 0 heterocycles. The van der Waals surface area contributed by atoms with Crippen LogP contribution in [-0.2, 0) is 4.74 Å². The molecule has 0 saturated carbocycles. The van der Waals surface area contributed by atoms with E-state index in [0.29, 0.717) is 26.2 Å². The average Bonchev–Trinajstić information content (AvgIpc) is 2.36. The number of aryl methyl sites for hydroxylation is 1. The first-order valence-corrected chi connectivity index (χ1v) is 5.88. The molecule has 1 rings (SSSR count). The van der Waals surface area contributed by atoms with Gasteiger partial charge in [-0.2, -0.15) is 0 Å². The molecule has 0 unspecified atom stereocenters. The van der Waals surface area contributed by atoms with Crippen LogP contribution in [0.5, 0.6) is 0 Å². The second-order valence-corrected chi connectivity index (χ2v) is 3.93. The van der Waals surface area contributed by atoms with Gasteiger partial charge in [-0.05, 0) is 25.5 Å². The van der Waals surface area contributed by atoms with Crippen molar-refractivity contribution in [2.24, 2.45) is 0 Å². The van der Waals surface area contributed by atoms with Gasteiger partial charge in [-0.3, -0.25) is 4.79 Å². The highest BCUT2D eigenvalue weighted by Crippen LogP contribution is 2.09. The van der Waals surface area contributed by atoms with E-state index in [0.717, 1.165) is 5.56 Å². The molecule has 0 atom stereocenters. The number of amides is 1. The summed E-state index contributed by atoms with van der Waals surface area (Å²) in [5.74, 6) is -0.937. The largest absolute Gasteiger partial charge is 0.394 e. The molecule has 2 N–H and O–H groups in total. The Morgan fingerprint density at radius 2 is 2.22 bits per heavy atom. The number of carbonyl (C=O) groups excluding carboxylic acids is 1. The highest BCUT2D eigenvalue weighted by atomic mass is 19.1. The molecule has 1 aromatic rings. The van der Waals surface area contributed by atoms with Gasteiger partial charge in [0.05, 0.1) is 18.8 Å². The van der Waals surface area contributed by atoms with Crippen molar-refractivity contribution in [3.63, 3.8) is 0 Å². The summed E-state index contributed by atoms with van der Waals surface area (Å²) < 4.78 is 18.4. The fourth-order valence-electron chi connectivity index (χ4n) is 1.45. The maximum Gasteiger partial charge on any atom is 0.254 e. The zero-order valence-corrected chi connectivity index (χ0v) is 10.4. The number of halogens is 1. The van der Waals surface area contributed by atoms with E-state index in [-0.39, 0.29) is 12.2 Å². The van der Waals surface area contributed by atoms with Crippen LogP contribution in [0, 0.1) is 12.7 Å². The number of nitrogens with one attached hydrogen (secondary N) is 1. The van der Waals surface area contributed by atoms with E-state index in [4.69, 9.17) is 9.84 Å². The SMILES string of the molecule is Cc1ccc(F)c(C(=O)NCCCOCCO)c1. The Balaban J connectivity index is 2.34. The zero-order valence-electron chi connectivity index (χ0n) is 10.4. The van der Waals surface area contributed by atoms with Crippen molar-refractivity contribution in [2.45, 2.75) is 13.3 Å². The third-order valence-electron chi connectivity index (χ3n) is 2.35. The third-order valence-corrected chi connectivity index (χ3v) is 2.35. The highest BCUT2D eigenvalue weighted by molar-refractivity contribution is 5.94. The molecular weight excluding hydrogens is 237 g/mol. The summed E-state index contributed by atoms with van der Waals surface area (Å²) in [5.41, 5.74) is 0.902. The predicted octanol–water partition coefficient (Wildman–Crippen LogP) is 1.26. The Morgan fingerprint density at radius 1 is 1.44 bits per heavy atom. The molecule has 0 aliphatic heterocycles. The first kappa shape index (κ1) is 14.6. The first-order valence-electron chi connectivity index (χ1n) is 5.88. The second kappa shape index (κ2) is 7.79. The van der Waals surface area contributed by atoms with Gasteiger partial charge in [-0.25, -0.2) is 4.39 Å². The molecule has 0 bridgehead atoms. The monoisotopic (exact) mass is 255 g/mol. The van der Waals surface area contributed by atoms with Crippen molar-refractivity contribution in [3.8, 4) is 0 Å². The van der Waals surface area contributed by atoms with E-state index in [9.17, 15) is 9.18 Å². The van der Waals surface area contributed by atoms with E-state index in [1.165, 1.54) is 12.1 Å². The number of aliphatic hydroxyl groups is 1. The summed E-state index contributed by atoms with van der Waals surface area (Å²) in [6.45, 7) is 2.95. The lowest BCUT2D eigenvalue weighted by Gasteiger charge is -2.07. The van der Waals surface area contributed by atoms with E-state index in [1.807, 2.05) is 0 Å². The van der Waals surface area contributed by atoms with Gasteiger partial charge in [0.25, 0.3) is 5.91 Å². The Hall–Kier alpha value is -1.46. The van der Waals surface area contributed by atoms with Gasteiger partial charge in [0.1, 0.15) is 5.82 Å². The summed E-state index contributed by atoms with van der Waals surface area (Å²) in [4.78, 5) is 11.7. The molecule has 0 aromatic heterocycles. The van der Waals surface area contributed by atoms with Crippen molar-refractivity contribution in [2.75, 3.05) is 26.4 Å². The summed E-state index contributed by atoms with van der Waals surface area (Å²) in [6, 6.07) is 4.43. The molecule has 5 heteroatoms. The number of hydrogen-bond donors (Lipinski definition) is 2. The summed E-state index contributed by atoms with van der Waals surface area (Å²) in [5, 5.41) is 11.1. The minimum Gasteiger partial charge on any atom is -0.394 e. The number of rotatable bonds is 7. The first-order chi connectivity index (χ1) is 8.65. The Labute approximate surface area is 106 Å². The van der Waals surface area contributed by atoms with E-state index in [2.05, 4.69) is 5.32 Å². The second-order valence-electron chi connectivity index (χ2n) is 3.93. The molecule has 18 heavy (non-hydrogen) atoms. The van der Waals surface area contributed by atoms with Gasteiger partial charge in [-0.1, -0.05) is 11.6 Å². The van der Waals surface area contributed by atoms with Crippen molar-refractivity contribution < 1.29 is 19.0 Å². The van der Waals surface area contributed by atoms with Gasteiger partial charge < -0.3 is 15.2 Å². The van der Waals surface area contributed by atoms with Gasteiger partial charge >= 0.3 is 0 Å². The highest BCUT2D eigenvalue weighted by Gasteiger charge is 2.10. The molecule has 100 valence electrons. The maximum absolute atomic E-state index is 13.4. The average molecular weight is 255 g/mol. The van der Waals surface area contributed by atoms with Crippen molar-refractivity contribution >= 4 is 5.91 Å². The molecule has 0 spiro atoms. The number of ether oxygens (including phenoxy) is 1. The van der Waals surface area contributed by atoms with E-state index >= 15 is 0 Å². The molecule has 0 fully saturated rings. The fourth-order valence-corrected chi connectivity index (χ4v) is 1.45. The lowest BCUT2D eigenvalue weighted by atomic mass is 10.1. The minimum atomic E-state index is -0.519. The van der Waals surface area contributed by atoms with Gasteiger partial charge in [-0.15, -0.1) is 0 Å². The molecule has 0 saturated heterocycles. The molecule has 4 nitrogen and oxygen atoms in total. The van der Waals surface area contributed by atoms with Crippen molar-refractivity contribution in [1.29, 1.82) is 0 Å². The summed E-state index contributed by atoms with van der Waals surface area (Å²) in [6.07, 6.45) is 0.624. The molecule has 1 aromatic carbocycles. The van der Waals surface area contributed by atoms with Crippen LogP contribution in [0.4, 0.5) is 4.39 Å². The molecule has 0 aliphatic carbocycles. The number of carbonyl (C=O) groups is 1. The number of benzene rings is 1. The Morgan fingerprint density at radius 3 is 2.94 bits per heavy atom. The van der Waals surface area contributed by atoms with Crippen LogP contribution in [0.1, 0.15) is 22.3 Å². The quantitative estimate of drug-likeness (QED) is 0.721. The fraction of sp³-hybridized carbons (Fsp3) is 0.462. The van der Waals surface area contributed by atoms with Gasteiger partial charge in [0.2, 0.25) is 0 Å². The topological polar surface area (TPSA) is 58.6 Å². The predicted molar refractivity (Wildman–Crippen MR) is 66.0 cm³/mol. The van der Waals surface area contributed by atoms with E-state index in [1.54, 1.807) is 13.0 Å². The number of aliphatic hydroxyl groups excluding tert-OH is 1. The molecule has 1 amide bonds. The Bertz CT molecular complexity index is 396. The lowest BCUT2D eigenvalue weighted by molar-refractivity contribution is 0.0866. The van der Waals surface area contributed by atoms with Crippen LogP contribution in [0.3, 0.4) is 0 Å². The van der Waals surface area contributed by atoms with Crippen LogP contribution < -0.4 is 5.32 Å². The summed E-state index contributed by atoms with van der Waals surface area (Å²) in [7, 11) is 0. The number of hydrogen-bond acceptors (Lipinski definition) is 3. The zero-order chi connectivity index (χ0) is 13.4. The molecular formula is C13H18FNO3. The minimum absolute atomic E-state index is 0.0130. The van der Waals surface area contributed by atoms with Gasteiger partial charge in [0, 0.05) is 13.2 Å². The van der Waals surface area contributed by atoms with Crippen molar-refractivity contribution in [1.82, 2.24) is 5.32 Å². The normalized spacial score (nSPS) is 10.4. The standard InChI is InChI=1S/C13H18FNO3/c1-10-3-4-12(14)11(9-10)13(17)15-5-2-7-18-8-6-16/h3-4,9,16H,2,5-8H2,1H3,(H,15,17). The third kappa shape index (κ3) is 4.81. The molecule has 0 radical (unpaired) electrons. The van der Waals surface area contributed by atoms with Crippen LogP contribution in [-0.4, -0.2) is 37.4 Å². The van der Waals surface area contributed by atoms with E-state index < -0.39 is 11.7 Å².